The molecule has 0 bridgehead atoms. The molecule has 152 valence electrons. The van der Waals surface area contributed by atoms with Gasteiger partial charge in [0.05, 0.1) is 11.6 Å². The molecule has 1 aliphatic heterocycles. The molecular weight excluding hydrogens is 394 g/mol. The van der Waals surface area contributed by atoms with Crippen LogP contribution in [0.25, 0.3) is 11.0 Å². The first kappa shape index (κ1) is 18.7. The van der Waals surface area contributed by atoms with Gasteiger partial charge in [-0.3, -0.25) is 19.6 Å². The lowest BCUT2D eigenvalue weighted by molar-refractivity contribution is -0.130. The average Bonchev–Trinajstić information content (AvgIpc) is 3.35. The van der Waals surface area contributed by atoms with E-state index in [1.165, 1.54) is 4.90 Å². The molecule has 7 nitrogen and oxygen atoms in total. The molecule has 1 N–H and O–H groups in total. The lowest BCUT2D eigenvalue weighted by Gasteiger charge is -2.26. The van der Waals surface area contributed by atoms with Gasteiger partial charge in [-0.2, -0.15) is 0 Å². The van der Waals surface area contributed by atoms with Crippen molar-refractivity contribution in [3.05, 3.63) is 108 Å². The third-order valence-corrected chi connectivity index (χ3v) is 5.32. The smallest absolute Gasteiger partial charge is 0.290 e. The Morgan fingerprint density at radius 2 is 1.68 bits per heavy atom. The van der Waals surface area contributed by atoms with E-state index in [1.807, 2.05) is 18.2 Å². The summed E-state index contributed by atoms with van der Waals surface area (Å²) in [5.74, 6) is -1.64. The van der Waals surface area contributed by atoms with Crippen molar-refractivity contribution >= 4 is 22.7 Å². The number of carbonyl (C=O) groups is 2. The molecule has 1 aliphatic rings. The molecule has 4 aromatic rings. The Labute approximate surface area is 177 Å². The number of benzene rings is 1. The van der Waals surface area contributed by atoms with Gasteiger partial charge in [-0.05, 0) is 47.5 Å². The van der Waals surface area contributed by atoms with E-state index in [1.54, 1.807) is 61.2 Å². The molecule has 0 saturated heterocycles. The van der Waals surface area contributed by atoms with Crippen LogP contribution in [0.3, 0.4) is 0 Å². The van der Waals surface area contributed by atoms with E-state index in [0.29, 0.717) is 11.1 Å². The van der Waals surface area contributed by atoms with E-state index in [9.17, 15) is 14.7 Å². The molecule has 1 amide bonds. The number of carbonyl (C=O) groups excluding carboxylic acids is 2. The number of furan rings is 1. The zero-order valence-electron chi connectivity index (χ0n) is 16.3. The molecule has 4 heterocycles. The predicted octanol–water partition coefficient (Wildman–Crippen LogP) is 4.00. The number of nitrogens with zero attached hydrogens (tertiary/aromatic N) is 3. The van der Waals surface area contributed by atoms with Crippen LogP contribution in [0.15, 0.2) is 95.1 Å². The van der Waals surface area contributed by atoms with Crippen molar-refractivity contribution in [1.29, 1.82) is 0 Å². The monoisotopic (exact) mass is 411 g/mol. The first-order chi connectivity index (χ1) is 15.1. The number of para-hydroxylation sites is 1. The summed E-state index contributed by atoms with van der Waals surface area (Å²) < 4.78 is 5.72. The van der Waals surface area contributed by atoms with Crippen molar-refractivity contribution in [3.63, 3.8) is 0 Å². The minimum atomic E-state index is -0.774. The number of aliphatic hydroxyl groups is 1. The number of amides is 1. The van der Waals surface area contributed by atoms with Crippen LogP contribution < -0.4 is 0 Å². The van der Waals surface area contributed by atoms with E-state index in [4.69, 9.17) is 4.42 Å². The summed E-state index contributed by atoms with van der Waals surface area (Å²) in [5.41, 5.74) is 2.04. The highest BCUT2D eigenvalue weighted by Gasteiger charge is 2.44. The molecular formula is C24H17N3O4. The van der Waals surface area contributed by atoms with Gasteiger partial charge in [0.25, 0.3) is 5.91 Å². The highest BCUT2D eigenvalue weighted by molar-refractivity contribution is 6.15. The third kappa shape index (κ3) is 3.26. The van der Waals surface area contributed by atoms with Crippen LogP contribution in [0.5, 0.6) is 0 Å². The van der Waals surface area contributed by atoms with Gasteiger partial charge in [0.1, 0.15) is 5.58 Å². The van der Waals surface area contributed by atoms with Crippen LogP contribution in [0, 0.1) is 0 Å². The lowest BCUT2D eigenvalue weighted by Crippen LogP contribution is -2.30. The Morgan fingerprint density at radius 1 is 1.00 bits per heavy atom. The summed E-state index contributed by atoms with van der Waals surface area (Å²) in [5, 5.41) is 11.5. The Morgan fingerprint density at radius 3 is 2.39 bits per heavy atom. The van der Waals surface area contributed by atoms with E-state index in [2.05, 4.69) is 9.97 Å². The van der Waals surface area contributed by atoms with Crippen LogP contribution >= 0.6 is 0 Å². The molecule has 1 aromatic carbocycles. The molecule has 0 spiro atoms. The molecule has 7 heteroatoms. The Bertz CT molecular complexity index is 1280. The fourth-order valence-corrected chi connectivity index (χ4v) is 3.85. The first-order valence-electron chi connectivity index (χ1n) is 9.69. The van der Waals surface area contributed by atoms with Crippen molar-refractivity contribution in [2.45, 2.75) is 12.6 Å². The van der Waals surface area contributed by atoms with Crippen molar-refractivity contribution in [2.24, 2.45) is 0 Å². The Hall–Kier alpha value is -4.26. The number of rotatable bonds is 5. The second-order valence-electron chi connectivity index (χ2n) is 7.21. The van der Waals surface area contributed by atoms with Crippen molar-refractivity contribution in [3.8, 4) is 0 Å². The van der Waals surface area contributed by atoms with Crippen molar-refractivity contribution < 1.29 is 19.1 Å². The van der Waals surface area contributed by atoms with Gasteiger partial charge < -0.3 is 14.4 Å². The Balaban J connectivity index is 1.59. The summed E-state index contributed by atoms with van der Waals surface area (Å²) >= 11 is 0. The lowest BCUT2D eigenvalue weighted by atomic mass is 9.95. The molecule has 31 heavy (non-hydrogen) atoms. The van der Waals surface area contributed by atoms with Crippen LogP contribution in [0.2, 0.25) is 0 Å². The van der Waals surface area contributed by atoms with Crippen LogP contribution in [0.4, 0.5) is 0 Å². The van der Waals surface area contributed by atoms with Gasteiger partial charge in [-0.25, -0.2) is 0 Å². The highest BCUT2D eigenvalue weighted by Crippen LogP contribution is 2.40. The molecule has 0 unspecified atom stereocenters. The summed E-state index contributed by atoms with van der Waals surface area (Å²) in [6.07, 6.45) is 6.43. The van der Waals surface area contributed by atoms with Crippen LogP contribution in [0.1, 0.15) is 27.7 Å². The minimum Gasteiger partial charge on any atom is -0.503 e. The molecule has 0 radical (unpaired) electrons. The molecule has 0 aliphatic carbocycles. The third-order valence-electron chi connectivity index (χ3n) is 5.32. The zero-order chi connectivity index (χ0) is 21.4. The van der Waals surface area contributed by atoms with Crippen LogP contribution in [-0.4, -0.2) is 31.7 Å². The topological polar surface area (TPSA) is 96.5 Å². The summed E-state index contributed by atoms with van der Waals surface area (Å²) in [6, 6.07) is 15.1. The molecule has 5 rings (SSSR count). The number of hydrogen-bond donors (Lipinski definition) is 1. The summed E-state index contributed by atoms with van der Waals surface area (Å²) in [7, 11) is 0. The first-order valence-corrected chi connectivity index (χ1v) is 9.69. The maximum absolute atomic E-state index is 13.4. The maximum Gasteiger partial charge on any atom is 0.290 e. The second kappa shape index (κ2) is 7.53. The highest BCUT2D eigenvalue weighted by atomic mass is 16.3. The largest absolute Gasteiger partial charge is 0.503 e. The van der Waals surface area contributed by atoms with Gasteiger partial charge >= 0.3 is 0 Å². The second-order valence-corrected chi connectivity index (χ2v) is 7.21. The molecule has 1 atom stereocenters. The fraction of sp³-hybridized carbons (Fsp3) is 0.0833. The number of hydrogen-bond acceptors (Lipinski definition) is 6. The average molecular weight is 411 g/mol. The standard InChI is InChI=1S/C24H17N3O4/c28-22(19-13-17-3-1-2-4-18(17)31-19)20-21(16-7-11-26-12-8-16)27(24(30)23(20)29)14-15-5-9-25-10-6-15/h1-13,21,29H,14H2/t21-/m1/s1. The SMILES string of the molecule is O=C(C1=C(O)C(=O)N(Cc2ccncc2)[C@@H]1c1ccncc1)c1cc2ccccc2o1. The molecule has 0 fully saturated rings. The zero-order valence-corrected chi connectivity index (χ0v) is 16.3. The predicted molar refractivity (Wildman–Crippen MR) is 112 cm³/mol. The molecule has 0 saturated carbocycles. The number of fused-ring (bicyclic) bond motifs is 1. The van der Waals surface area contributed by atoms with E-state index >= 15 is 0 Å². The quantitative estimate of drug-likeness (QED) is 0.499. The Kier molecular flexibility index (Phi) is 4.55. The number of pyridine rings is 2. The summed E-state index contributed by atoms with van der Waals surface area (Å²) in [6.45, 7) is 0.204. The minimum absolute atomic E-state index is 0.00990. The molecule has 3 aromatic heterocycles. The normalized spacial score (nSPS) is 16.3. The summed E-state index contributed by atoms with van der Waals surface area (Å²) in [4.78, 5) is 35.9. The fourth-order valence-electron chi connectivity index (χ4n) is 3.85. The van der Waals surface area contributed by atoms with Gasteiger partial charge in [0, 0.05) is 36.7 Å². The number of Topliss-reactive ketones (excluding diaryl/α,β-unsaturated/α-hetero) is 1. The number of aliphatic hydroxyl groups excluding tert-OH is 1. The van der Waals surface area contributed by atoms with E-state index < -0.39 is 23.5 Å². The van der Waals surface area contributed by atoms with Crippen molar-refractivity contribution in [1.82, 2.24) is 14.9 Å². The van der Waals surface area contributed by atoms with E-state index in [0.717, 1.165) is 10.9 Å². The number of aromatic nitrogens is 2. The van der Waals surface area contributed by atoms with Crippen molar-refractivity contribution in [2.75, 3.05) is 0 Å². The van der Waals surface area contributed by atoms with E-state index in [-0.39, 0.29) is 17.9 Å². The van der Waals surface area contributed by atoms with Crippen LogP contribution in [-0.2, 0) is 11.3 Å². The number of ketones is 1. The maximum atomic E-state index is 13.4. The van der Waals surface area contributed by atoms with Gasteiger partial charge in [0.2, 0.25) is 5.78 Å². The van der Waals surface area contributed by atoms with Gasteiger partial charge in [-0.1, -0.05) is 18.2 Å². The van der Waals surface area contributed by atoms with Gasteiger partial charge in [-0.15, -0.1) is 0 Å². The van der Waals surface area contributed by atoms with Gasteiger partial charge in [0.15, 0.2) is 11.5 Å².